The zero-order valence-electron chi connectivity index (χ0n) is 83.2. The van der Waals surface area contributed by atoms with Gasteiger partial charge in [0.1, 0.15) is 17.6 Å². The van der Waals surface area contributed by atoms with E-state index in [1.54, 1.807) is 0 Å². The summed E-state index contributed by atoms with van der Waals surface area (Å²) in [6.07, 6.45) is -40.8. The van der Waals surface area contributed by atoms with E-state index in [0.29, 0.717) is 0 Å². The SMILES string of the molecule is COc1cccc(P(c2cc(C(C)(C)C)cc(C(C)(C)C)c2)c2cc(C(C)(C)C)cc(C(C)(C)C)c2)c1-c1c(OC)cccc1P(c1cc(C(C)(C)C)cc(C(C)(C)C)c1)c1cc(C(C)(C)C)cc(C(C)(C)C)c1.FC(F)(F)c1cc([B-](c2cc(C(F)(F)F)cc(C(F)(F)F)c2)(c2cc(C(F)(F)F)cc(C(F)(F)F)c2)c2cc(C(F)(F)F)cc(C(F)(F)F)c2)cc(C(F)(F)F)c1.[CH]1[CH]CC[CH][CH]CC1.[Ir]. The third-order valence-electron chi connectivity index (χ3n) is 24.6. The molecule has 0 unspecified atom stereocenters. The van der Waals surface area contributed by atoms with Crippen molar-refractivity contribution in [3.05, 3.63) is 297 Å². The third kappa shape index (κ3) is 28.3. The predicted octanol–water partition coefficient (Wildman–Crippen LogP) is 30.9. The number of halogens is 24. The minimum absolute atomic E-state index is 0. The van der Waals surface area contributed by atoms with Crippen LogP contribution in [-0.2, 0) is 113 Å². The van der Waals surface area contributed by atoms with Gasteiger partial charge >= 0.3 is 49.4 Å². The van der Waals surface area contributed by atoms with Gasteiger partial charge in [-0.2, -0.15) is 127 Å². The van der Waals surface area contributed by atoms with Gasteiger partial charge in [0.05, 0.1) is 58.7 Å². The first kappa shape index (κ1) is 117. The molecule has 0 saturated heterocycles. The normalized spacial score (nSPS) is 14.3. The van der Waals surface area contributed by atoms with Gasteiger partial charge in [-0.1, -0.05) is 312 Å². The van der Waals surface area contributed by atoms with E-state index in [9.17, 15) is 105 Å². The molecule has 5 radical (unpaired) electrons. The van der Waals surface area contributed by atoms with E-state index < -0.39 is 211 Å². The average molecular weight is 2200 g/mol. The van der Waals surface area contributed by atoms with Gasteiger partial charge < -0.3 is 9.47 Å². The van der Waals surface area contributed by atoms with Crippen LogP contribution in [0, 0.1) is 25.7 Å². The van der Waals surface area contributed by atoms with E-state index in [1.165, 1.54) is 102 Å². The molecule has 0 bridgehead atoms. The second-order valence-corrected chi connectivity index (χ2v) is 48.1. The molecule has 0 amide bonds. The molecule has 11 rings (SSSR count). The summed E-state index contributed by atoms with van der Waals surface area (Å²) in [4.78, 5) is 0. The minimum atomic E-state index is -6.13. The quantitative estimate of drug-likeness (QED) is 0.0651. The summed E-state index contributed by atoms with van der Waals surface area (Å²) >= 11 is 0. The van der Waals surface area contributed by atoms with Crippen LogP contribution in [0.3, 0.4) is 0 Å². The molecule has 0 atom stereocenters. The summed E-state index contributed by atoms with van der Waals surface area (Å²) in [5.74, 6) is 1.69. The smallest absolute Gasteiger partial charge is 0.416 e. The Morgan fingerprint density at radius 2 is 0.350 bits per heavy atom. The van der Waals surface area contributed by atoms with Gasteiger partial charge in [-0.15, -0.1) is 0 Å². The van der Waals surface area contributed by atoms with Crippen LogP contribution in [0.1, 0.15) is 281 Å². The Hall–Kier alpha value is -8.31. The Balaban J connectivity index is 0.000000323. The van der Waals surface area contributed by atoms with Crippen molar-refractivity contribution in [2.24, 2.45) is 0 Å². The molecule has 0 aliphatic heterocycles. The van der Waals surface area contributed by atoms with Crippen molar-refractivity contribution in [1.82, 2.24) is 0 Å². The summed E-state index contributed by atoms with van der Waals surface area (Å²) < 4.78 is 354. The zero-order valence-corrected chi connectivity index (χ0v) is 87.3. The Morgan fingerprint density at radius 3 is 0.479 bits per heavy atom. The topological polar surface area (TPSA) is 18.5 Å². The number of alkyl halides is 24. The Labute approximate surface area is 824 Å². The molecular formula is C110H120BF24IrO2P2-. The molecule has 0 aromatic heterocycles. The summed E-state index contributed by atoms with van der Waals surface area (Å²) in [5.41, 5.74) is -17.8. The standard InChI is InChI=1S/C70H96O2P2.C32H12BF24.C8H12.Ir/c1-63(2,3)45-33-46(64(4,5)6)38-53(37-45)73(54-39-47(65(7,8)9)34-48(40-54)66(10,11)12)59-31-27-29-57(71-25)61(59)62-58(72-26)30-28-32-60(62)74(55-41-49(67(13,14)15)35-50(42-55)68(16,17)18)56-43-51(69(19,20)21)36-52(44-56)70(22,23)24;34-25(35,36)13-1-14(26(37,38)39)6-21(5-13)33(22-7-15(27(40,41)42)2-16(8-22)28(43,44)45,23-9-17(29(46,47)48)3-18(10-23)30(49,50)51)24-11-19(31(52,53)54)4-20(12-24)32(55,56)57;1-2-4-6-8-7-5-3-1;/h27-44H,1-26H3;1-12H;1-2,7-8H,3-6H2;/q;-1;;. The maximum atomic E-state index is 14.2. The molecule has 30 heteroatoms. The van der Waals surface area contributed by atoms with Crippen LogP contribution in [0.5, 0.6) is 11.5 Å². The van der Waals surface area contributed by atoms with Gasteiger partial charge in [0.15, 0.2) is 0 Å². The first-order valence-electron chi connectivity index (χ1n) is 45.2. The number of hydrogen-bond donors (Lipinski definition) is 0. The van der Waals surface area contributed by atoms with Crippen molar-refractivity contribution in [1.29, 1.82) is 0 Å². The van der Waals surface area contributed by atoms with Gasteiger partial charge in [0, 0.05) is 31.2 Å². The second kappa shape index (κ2) is 41.7. The van der Waals surface area contributed by atoms with Gasteiger partial charge in [0.25, 0.3) is 0 Å². The summed E-state index contributed by atoms with van der Waals surface area (Å²) in [6, 6.07) is 35.0. The third-order valence-corrected chi connectivity index (χ3v) is 29.4. The van der Waals surface area contributed by atoms with Gasteiger partial charge in [-0.3, -0.25) is 0 Å². The Morgan fingerprint density at radius 1 is 0.207 bits per heavy atom. The molecule has 10 aromatic rings. The van der Waals surface area contributed by atoms with Crippen LogP contribution >= 0.6 is 15.8 Å². The molecular weight excluding hydrogens is 2070 g/mol. The molecule has 140 heavy (non-hydrogen) atoms. The van der Waals surface area contributed by atoms with Crippen LogP contribution < -0.4 is 63.2 Å². The molecule has 1 aliphatic rings. The van der Waals surface area contributed by atoms with Gasteiger partial charge in [-0.25, -0.2) is 0 Å². The Bertz CT molecular complexity index is 5080. The van der Waals surface area contributed by atoms with Crippen molar-refractivity contribution >= 4 is 75.7 Å². The molecule has 1 fully saturated rings. The molecule has 0 spiro atoms. The van der Waals surface area contributed by atoms with Crippen LogP contribution in [0.4, 0.5) is 105 Å². The molecule has 1 saturated carbocycles. The molecule has 0 N–H and O–H groups in total. The number of ether oxygens (including phenoxy) is 2. The monoisotopic (exact) mass is 2190 g/mol. The largest absolute Gasteiger partial charge is 0.496 e. The van der Waals surface area contributed by atoms with Crippen molar-refractivity contribution in [2.75, 3.05) is 14.2 Å². The van der Waals surface area contributed by atoms with E-state index in [1.807, 2.05) is 14.2 Å². The van der Waals surface area contributed by atoms with E-state index in [4.69, 9.17) is 9.47 Å². The van der Waals surface area contributed by atoms with E-state index in [0.717, 1.165) is 22.6 Å². The van der Waals surface area contributed by atoms with Crippen LogP contribution in [0.2, 0.25) is 0 Å². The predicted molar refractivity (Wildman–Crippen MR) is 518 cm³/mol. The van der Waals surface area contributed by atoms with E-state index in [2.05, 4.69) is 301 Å². The summed E-state index contributed by atoms with van der Waals surface area (Å²) in [5, 5.41) is 7.89. The average Bonchev–Trinajstić information content (AvgIpc) is 0.704. The molecule has 10 aromatic carbocycles. The van der Waals surface area contributed by atoms with E-state index >= 15 is 0 Å². The van der Waals surface area contributed by atoms with E-state index in [-0.39, 0.29) is 63.4 Å². The van der Waals surface area contributed by atoms with Crippen molar-refractivity contribution < 1.29 is 135 Å². The zero-order chi connectivity index (χ0) is 105. The van der Waals surface area contributed by atoms with Gasteiger partial charge in [-0.05, 0) is 223 Å². The van der Waals surface area contributed by atoms with Crippen LogP contribution in [0.25, 0.3) is 11.1 Å². The second-order valence-electron chi connectivity index (χ2n) is 43.8. The molecule has 2 nitrogen and oxygen atoms in total. The fraction of sp³-hybridized carbons (Fsp3) is 0.418. The number of hydrogen-bond acceptors (Lipinski definition) is 2. The molecule has 763 valence electrons. The fourth-order valence-electron chi connectivity index (χ4n) is 16.5. The summed E-state index contributed by atoms with van der Waals surface area (Å²) in [6.45, 7) is 56.6. The van der Waals surface area contributed by atoms with Crippen LogP contribution in [0.15, 0.2) is 182 Å². The summed E-state index contributed by atoms with van der Waals surface area (Å²) in [7, 11) is 1.23. The maximum absolute atomic E-state index is 14.2. The van der Waals surface area contributed by atoms with Crippen molar-refractivity contribution in [2.45, 2.75) is 285 Å². The number of benzene rings is 10. The first-order valence-corrected chi connectivity index (χ1v) is 47.8. The Kier molecular flexibility index (Phi) is 34.8. The minimum Gasteiger partial charge on any atom is -0.496 e. The van der Waals surface area contributed by atoms with Gasteiger partial charge in [0.2, 0.25) is 0 Å². The van der Waals surface area contributed by atoms with Crippen LogP contribution in [-0.4, -0.2) is 20.4 Å². The van der Waals surface area contributed by atoms with Crippen molar-refractivity contribution in [3.63, 3.8) is 0 Å². The maximum Gasteiger partial charge on any atom is 0.416 e. The fourth-order valence-corrected chi connectivity index (χ4v) is 21.7. The number of methoxy groups -OCH3 is 2. The first-order chi connectivity index (χ1) is 62.9. The van der Waals surface area contributed by atoms with Crippen molar-refractivity contribution in [3.8, 4) is 22.6 Å². The molecule has 0 heterocycles. The number of rotatable bonds is 13. The molecule has 1 aliphatic carbocycles.